The molecule has 2 aliphatic heterocycles. The molecule has 2 saturated heterocycles. The molecule has 7 nitrogen and oxygen atoms in total. The second-order valence-electron chi connectivity index (χ2n) is 8.53. The summed E-state index contributed by atoms with van der Waals surface area (Å²) in [5, 5.41) is 3.00. The van der Waals surface area contributed by atoms with E-state index in [2.05, 4.69) is 31.9 Å². The molecule has 1 aromatic rings. The van der Waals surface area contributed by atoms with E-state index in [1.165, 1.54) is 4.90 Å². The Bertz CT molecular complexity index is 893. The van der Waals surface area contributed by atoms with Crippen molar-refractivity contribution in [3.8, 4) is 0 Å². The van der Waals surface area contributed by atoms with E-state index in [4.69, 9.17) is 0 Å². The van der Waals surface area contributed by atoms with Crippen molar-refractivity contribution in [3.05, 3.63) is 17.7 Å². The van der Waals surface area contributed by atoms with Gasteiger partial charge in [-0.1, -0.05) is 0 Å². The molecule has 0 aromatic heterocycles. The smallest absolute Gasteiger partial charge is 0.266 e. The molecule has 0 aliphatic carbocycles. The fourth-order valence-electron chi connectivity index (χ4n) is 4.43. The number of alkyl halides is 2. The highest BCUT2D eigenvalue weighted by Gasteiger charge is 2.44. The van der Waals surface area contributed by atoms with Crippen LogP contribution >= 0.6 is 0 Å². The van der Waals surface area contributed by atoms with Crippen LogP contribution in [0.1, 0.15) is 31.7 Å². The zero-order chi connectivity index (χ0) is 23.3. The number of carbonyl (C=O) groups is 1. The van der Waals surface area contributed by atoms with Crippen LogP contribution in [0, 0.1) is 5.92 Å². The summed E-state index contributed by atoms with van der Waals surface area (Å²) in [6, 6.07) is 3.54. The van der Waals surface area contributed by atoms with Crippen molar-refractivity contribution in [2.75, 3.05) is 45.2 Å². The maximum atomic E-state index is 14.7. The number of benzene rings is 1. The maximum Gasteiger partial charge on any atom is 0.266 e. The average Bonchev–Trinajstić information content (AvgIpc) is 2.75. The van der Waals surface area contributed by atoms with Gasteiger partial charge >= 0.3 is 0 Å². The first kappa shape index (κ1) is 24.0. The predicted molar refractivity (Wildman–Crippen MR) is 127 cm³/mol. The van der Waals surface area contributed by atoms with Crippen molar-refractivity contribution in [1.82, 2.24) is 10.2 Å². The summed E-state index contributed by atoms with van der Waals surface area (Å²) >= 11 is 0. The molecule has 9 heteroatoms. The predicted octanol–water partition coefficient (Wildman–Crippen LogP) is 3.46. The van der Waals surface area contributed by atoms with E-state index < -0.39 is 24.8 Å². The number of nitrogens with one attached hydrogen (secondary N) is 1. The van der Waals surface area contributed by atoms with Crippen LogP contribution in [0.3, 0.4) is 0 Å². The highest BCUT2D eigenvalue weighted by atomic mass is 19.3. The molecular weight excluding hydrogens is 414 g/mol. The lowest BCUT2D eigenvalue weighted by Crippen LogP contribution is -2.53. The maximum absolute atomic E-state index is 14.7. The van der Waals surface area contributed by atoms with Crippen LogP contribution < -0.4 is 10.2 Å². The zero-order valence-electron chi connectivity index (χ0n) is 19.0. The van der Waals surface area contributed by atoms with Crippen LogP contribution in [0.15, 0.2) is 27.1 Å². The summed E-state index contributed by atoms with van der Waals surface area (Å²) in [6.07, 6.45) is 4.46. The highest BCUT2D eigenvalue weighted by Crippen LogP contribution is 2.43. The zero-order valence-corrected chi connectivity index (χ0v) is 19.0. The molecule has 1 aromatic carbocycles. The number of piperidine rings is 2. The Balaban J connectivity index is 1.86. The molecular formula is C23H32F2N6O. The van der Waals surface area contributed by atoms with E-state index in [9.17, 15) is 13.6 Å². The summed E-state index contributed by atoms with van der Waals surface area (Å²) in [6.45, 7) is 6.89. The number of anilines is 1. The average molecular weight is 447 g/mol. The van der Waals surface area contributed by atoms with Gasteiger partial charge in [0.25, 0.3) is 5.92 Å². The van der Waals surface area contributed by atoms with Crippen molar-refractivity contribution in [3.63, 3.8) is 0 Å². The van der Waals surface area contributed by atoms with Crippen molar-refractivity contribution in [2.45, 2.75) is 38.2 Å². The normalized spacial score (nSPS) is 22.5. The van der Waals surface area contributed by atoms with Gasteiger partial charge in [0.1, 0.15) is 5.69 Å². The van der Waals surface area contributed by atoms with Gasteiger partial charge in [0.15, 0.2) is 0 Å². The number of nitrogens with zero attached hydrogens (tertiary/aromatic N) is 5. The monoisotopic (exact) mass is 446 g/mol. The minimum atomic E-state index is -3.00. The lowest BCUT2D eigenvalue weighted by Gasteiger charge is -2.39. The topological polar surface area (TPSA) is 72.7 Å². The van der Waals surface area contributed by atoms with Crippen molar-refractivity contribution >= 4 is 42.1 Å². The van der Waals surface area contributed by atoms with Crippen LogP contribution in [-0.2, 0) is 4.79 Å². The number of amides is 1. The third-order valence-corrected chi connectivity index (χ3v) is 6.03. The summed E-state index contributed by atoms with van der Waals surface area (Å²) in [7, 11) is 3.68. The van der Waals surface area contributed by atoms with E-state index in [0.29, 0.717) is 17.1 Å². The molecule has 2 aliphatic rings. The van der Waals surface area contributed by atoms with Crippen molar-refractivity contribution in [2.24, 2.45) is 20.9 Å². The number of rotatable bonds is 6. The van der Waals surface area contributed by atoms with Gasteiger partial charge in [0.2, 0.25) is 5.91 Å². The Morgan fingerprint density at radius 1 is 1.28 bits per heavy atom. The van der Waals surface area contributed by atoms with Gasteiger partial charge in [0, 0.05) is 44.0 Å². The van der Waals surface area contributed by atoms with E-state index in [1.54, 1.807) is 38.5 Å². The molecule has 3 rings (SSSR count). The van der Waals surface area contributed by atoms with Crippen molar-refractivity contribution < 1.29 is 13.6 Å². The number of halogens is 2. The van der Waals surface area contributed by atoms with E-state index >= 15 is 0 Å². The van der Waals surface area contributed by atoms with Gasteiger partial charge < -0.3 is 15.1 Å². The lowest BCUT2D eigenvalue weighted by molar-refractivity contribution is -0.130. The Hall–Kier alpha value is -2.68. The number of carbonyl (C=O) groups excluding carboxylic acids is 1. The molecule has 1 unspecified atom stereocenters. The molecule has 0 saturated carbocycles. The molecule has 1 atom stereocenters. The Morgan fingerprint density at radius 2 is 2.00 bits per heavy atom. The molecule has 32 heavy (non-hydrogen) atoms. The van der Waals surface area contributed by atoms with E-state index in [-0.39, 0.29) is 18.5 Å². The molecule has 2 fully saturated rings. The van der Waals surface area contributed by atoms with Gasteiger partial charge in [-0.15, -0.1) is 0 Å². The Morgan fingerprint density at radius 3 is 2.62 bits per heavy atom. The fourth-order valence-corrected chi connectivity index (χ4v) is 4.43. The molecule has 0 spiro atoms. The minimum Gasteiger partial charge on any atom is -0.363 e. The van der Waals surface area contributed by atoms with E-state index in [1.807, 2.05) is 7.05 Å². The van der Waals surface area contributed by atoms with Crippen LogP contribution in [0.4, 0.5) is 25.8 Å². The summed E-state index contributed by atoms with van der Waals surface area (Å²) in [4.78, 5) is 29.2. The van der Waals surface area contributed by atoms with Crippen LogP contribution in [0.5, 0.6) is 0 Å². The molecule has 0 bridgehead atoms. The molecule has 0 radical (unpaired) electrons. The standard InChI is InChI=1S/C23H32F2N6O/c1-5-28-20-16(13-26-2)6-7-19(21(20)27-3)31-14-17(12-23(24,25)15-31)22(32)29-18-8-10-30(4)11-9-18/h5-7,13,17-18H,3,8-12,14-15H2,1-2,4H3,(H,29,32)/b26-13-,28-5-. The summed E-state index contributed by atoms with van der Waals surface area (Å²) in [5.41, 5.74) is 2.14. The molecule has 2 heterocycles. The second-order valence-corrected chi connectivity index (χ2v) is 8.53. The van der Waals surface area contributed by atoms with Gasteiger partial charge in [-0.05, 0) is 58.8 Å². The first-order valence-corrected chi connectivity index (χ1v) is 10.9. The SMILES string of the molecule is C=Nc1c(N2CC(C(=O)NC3CCN(C)CC3)CC(F)(F)C2)ccc(/C=N\C)c1/N=C\C. The Labute approximate surface area is 188 Å². The van der Waals surface area contributed by atoms with Crippen LogP contribution in [-0.4, -0.2) is 82.2 Å². The van der Waals surface area contributed by atoms with E-state index in [0.717, 1.165) is 31.5 Å². The van der Waals surface area contributed by atoms with Crippen LogP contribution in [0.2, 0.25) is 0 Å². The van der Waals surface area contributed by atoms with Crippen LogP contribution in [0.25, 0.3) is 0 Å². The molecule has 174 valence electrons. The lowest BCUT2D eigenvalue weighted by atomic mass is 9.92. The Kier molecular flexibility index (Phi) is 7.71. The number of hydrogen-bond donors (Lipinski definition) is 1. The minimum absolute atomic E-state index is 0.0335. The third-order valence-electron chi connectivity index (χ3n) is 6.03. The van der Waals surface area contributed by atoms with Gasteiger partial charge in [0.05, 0.1) is 23.8 Å². The largest absolute Gasteiger partial charge is 0.363 e. The summed E-state index contributed by atoms with van der Waals surface area (Å²) in [5.74, 6) is -4.12. The first-order valence-electron chi connectivity index (χ1n) is 10.9. The summed E-state index contributed by atoms with van der Waals surface area (Å²) < 4.78 is 29.5. The van der Waals surface area contributed by atoms with Gasteiger partial charge in [-0.2, -0.15) is 0 Å². The molecule has 1 amide bonds. The number of likely N-dealkylation sites (tertiary alicyclic amines) is 1. The number of aliphatic imine (C=N–C) groups is 3. The second kappa shape index (κ2) is 10.3. The number of hydrogen-bond acceptors (Lipinski definition) is 6. The third kappa shape index (κ3) is 5.56. The molecule has 1 N–H and O–H groups in total. The quantitative estimate of drug-likeness (QED) is 0.681. The highest BCUT2D eigenvalue weighted by molar-refractivity contribution is 5.96. The van der Waals surface area contributed by atoms with Gasteiger partial charge in [-0.3, -0.25) is 19.8 Å². The fraction of sp³-hybridized carbons (Fsp3) is 0.565. The van der Waals surface area contributed by atoms with Gasteiger partial charge in [-0.25, -0.2) is 8.78 Å². The van der Waals surface area contributed by atoms with Crippen molar-refractivity contribution in [1.29, 1.82) is 0 Å². The first-order chi connectivity index (χ1) is 15.3.